The standard InChI is InChI=1S/C22H25B2N3O2/c23-20(17-6-5-10-25-15-17)21(24)22(29)26-11-3-1-2-4-12-27-13-9-16-14-18(28)7-8-19(16)27/h5-10,13-15,20-21,28H,1-4,11-12H2,(H,26,29)/t20-,21+/m0/s1. The van der Waals surface area contributed by atoms with Gasteiger partial charge in [0.15, 0.2) is 0 Å². The number of carbonyl (C=O) groups excluding carboxylic acids is 1. The smallest absolute Gasteiger partial charge is 0.214 e. The van der Waals surface area contributed by atoms with Crippen molar-refractivity contribution in [1.82, 2.24) is 14.9 Å². The zero-order valence-corrected chi connectivity index (χ0v) is 16.5. The Kier molecular flexibility index (Phi) is 7.39. The summed E-state index contributed by atoms with van der Waals surface area (Å²) < 4.78 is 2.20. The Labute approximate surface area is 174 Å². The van der Waals surface area contributed by atoms with Crippen molar-refractivity contribution in [2.24, 2.45) is 0 Å². The number of benzene rings is 1. The highest BCUT2D eigenvalue weighted by molar-refractivity contribution is 6.30. The Morgan fingerprint density at radius 2 is 1.97 bits per heavy atom. The number of aryl methyl sites for hydroxylation is 1. The zero-order valence-electron chi connectivity index (χ0n) is 16.5. The van der Waals surface area contributed by atoms with Crippen LogP contribution in [0.2, 0.25) is 5.82 Å². The average Bonchev–Trinajstić information content (AvgIpc) is 3.14. The molecule has 2 N–H and O–H groups in total. The Morgan fingerprint density at radius 3 is 2.76 bits per heavy atom. The molecule has 3 aromatic rings. The topological polar surface area (TPSA) is 67.2 Å². The number of amides is 1. The number of nitrogens with zero attached hydrogens (tertiary/aromatic N) is 2. The highest BCUT2D eigenvalue weighted by Gasteiger charge is 2.20. The first-order valence-corrected chi connectivity index (χ1v) is 10.0. The van der Waals surface area contributed by atoms with Crippen molar-refractivity contribution < 1.29 is 9.90 Å². The fourth-order valence-corrected chi connectivity index (χ4v) is 3.42. The number of rotatable bonds is 10. The van der Waals surface area contributed by atoms with Crippen LogP contribution in [0.5, 0.6) is 5.75 Å². The maximum absolute atomic E-state index is 12.2. The molecule has 2 atom stereocenters. The number of aromatic nitrogens is 2. The van der Waals surface area contributed by atoms with Crippen LogP contribution in [0.4, 0.5) is 0 Å². The van der Waals surface area contributed by atoms with Crippen molar-refractivity contribution in [2.75, 3.05) is 6.54 Å². The van der Waals surface area contributed by atoms with E-state index < -0.39 is 11.6 Å². The second-order valence-electron chi connectivity index (χ2n) is 7.30. The first kappa shape index (κ1) is 21.0. The first-order chi connectivity index (χ1) is 14.1. The number of phenolic OH excluding ortho intramolecular Hbond substituents is 1. The van der Waals surface area contributed by atoms with Gasteiger partial charge in [-0.2, -0.15) is 0 Å². The number of unbranched alkanes of at least 4 members (excludes halogenated alkanes) is 3. The molecule has 0 fully saturated rings. The summed E-state index contributed by atoms with van der Waals surface area (Å²) in [6, 6.07) is 11.1. The minimum Gasteiger partial charge on any atom is -0.508 e. The maximum atomic E-state index is 12.2. The highest BCUT2D eigenvalue weighted by Crippen LogP contribution is 2.23. The summed E-state index contributed by atoms with van der Waals surface area (Å²) >= 11 is 0. The van der Waals surface area contributed by atoms with Crippen molar-refractivity contribution in [3.63, 3.8) is 0 Å². The molecule has 2 heterocycles. The summed E-state index contributed by atoms with van der Waals surface area (Å²) in [6.45, 7) is 1.53. The molecule has 0 aliphatic heterocycles. The van der Waals surface area contributed by atoms with E-state index in [1.54, 1.807) is 30.6 Å². The molecule has 0 aliphatic rings. The van der Waals surface area contributed by atoms with Crippen LogP contribution in [0.15, 0.2) is 55.0 Å². The Morgan fingerprint density at radius 1 is 1.14 bits per heavy atom. The number of fused-ring (bicyclic) bond motifs is 1. The van der Waals surface area contributed by atoms with Crippen molar-refractivity contribution in [1.29, 1.82) is 0 Å². The number of nitrogens with one attached hydrogen (secondary N) is 1. The van der Waals surface area contributed by atoms with E-state index in [-0.39, 0.29) is 5.91 Å². The fraction of sp³-hybridized carbons (Fsp3) is 0.364. The van der Waals surface area contributed by atoms with E-state index in [0.717, 1.165) is 48.7 Å². The molecule has 29 heavy (non-hydrogen) atoms. The average molecular weight is 385 g/mol. The number of phenols is 1. The Bertz CT molecular complexity index is 930. The van der Waals surface area contributed by atoms with Crippen LogP contribution >= 0.6 is 0 Å². The predicted molar refractivity (Wildman–Crippen MR) is 117 cm³/mol. The van der Waals surface area contributed by atoms with Gasteiger partial charge in [-0.3, -0.25) is 9.78 Å². The second-order valence-corrected chi connectivity index (χ2v) is 7.30. The van der Waals surface area contributed by atoms with Crippen LogP contribution in [0, 0.1) is 0 Å². The largest absolute Gasteiger partial charge is 0.508 e. The Balaban J connectivity index is 1.32. The van der Waals surface area contributed by atoms with E-state index in [4.69, 9.17) is 15.7 Å². The van der Waals surface area contributed by atoms with E-state index in [1.807, 2.05) is 18.2 Å². The minimum absolute atomic E-state index is 0.233. The Hall–Kier alpha value is -2.69. The lowest BCUT2D eigenvalue weighted by atomic mass is 9.63. The van der Waals surface area contributed by atoms with E-state index in [2.05, 4.69) is 21.1 Å². The van der Waals surface area contributed by atoms with Crippen LogP contribution in [0.25, 0.3) is 10.9 Å². The molecule has 5 nitrogen and oxygen atoms in total. The lowest BCUT2D eigenvalue weighted by Gasteiger charge is -2.20. The second kappa shape index (κ2) is 10.2. The molecule has 0 saturated carbocycles. The van der Waals surface area contributed by atoms with Gasteiger partial charge in [-0.05, 0) is 60.4 Å². The summed E-state index contributed by atoms with van der Waals surface area (Å²) in [4.78, 5) is 16.2. The van der Waals surface area contributed by atoms with Gasteiger partial charge in [0, 0.05) is 42.6 Å². The molecule has 0 unspecified atom stereocenters. The molecule has 146 valence electrons. The summed E-state index contributed by atoms with van der Waals surface area (Å²) in [5.74, 6) is -1.30. The van der Waals surface area contributed by atoms with Crippen molar-refractivity contribution in [3.05, 3.63) is 60.6 Å². The monoisotopic (exact) mass is 385 g/mol. The number of pyridine rings is 1. The number of hydrogen-bond acceptors (Lipinski definition) is 3. The summed E-state index contributed by atoms with van der Waals surface area (Å²) in [5, 5.41) is 13.5. The molecule has 1 amide bonds. The molecule has 0 saturated heterocycles. The first-order valence-electron chi connectivity index (χ1n) is 10.0. The molecule has 0 aliphatic carbocycles. The highest BCUT2D eigenvalue weighted by atomic mass is 16.3. The number of hydrogen-bond donors (Lipinski definition) is 2. The minimum atomic E-state index is -0.791. The molecule has 1 aromatic carbocycles. The summed E-state index contributed by atoms with van der Waals surface area (Å²) in [5.41, 5.74) is 1.89. The maximum Gasteiger partial charge on any atom is 0.214 e. The fourth-order valence-electron chi connectivity index (χ4n) is 3.42. The van der Waals surface area contributed by atoms with E-state index >= 15 is 0 Å². The van der Waals surface area contributed by atoms with Gasteiger partial charge in [0.2, 0.25) is 5.91 Å². The van der Waals surface area contributed by atoms with Gasteiger partial charge in [0.1, 0.15) is 5.75 Å². The normalized spacial score (nSPS) is 13.2. The van der Waals surface area contributed by atoms with Gasteiger partial charge in [0.05, 0.1) is 15.7 Å². The third-order valence-electron chi connectivity index (χ3n) is 5.14. The lowest BCUT2D eigenvalue weighted by molar-refractivity contribution is -0.121. The summed E-state index contributed by atoms with van der Waals surface area (Å²) in [7, 11) is 12.0. The molecular formula is C22H25B2N3O2. The lowest BCUT2D eigenvalue weighted by Crippen LogP contribution is -2.31. The van der Waals surface area contributed by atoms with Gasteiger partial charge < -0.3 is 15.0 Å². The molecule has 0 bridgehead atoms. The molecule has 0 spiro atoms. The van der Waals surface area contributed by atoms with Crippen LogP contribution in [-0.4, -0.2) is 42.8 Å². The molecule has 2 aromatic heterocycles. The van der Waals surface area contributed by atoms with Crippen LogP contribution in [-0.2, 0) is 11.3 Å². The molecule has 4 radical (unpaired) electrons. The molecular weight excluding hydrogens is 360 g/mol. The van der Waals surface area contributed by atoms with E-state index in [0.29, 0.717) is 12.3 Å². The summed E-state index contributed by atoms with van der Waals surface area (Å²) in [6.07, 6.45) is 9.42. The predicted octanol–water partition coefficient (Wildman–Crippen LogP) is 3.29. The van der Waals surface area contributed by atoms with Crippen LogP contribution in [0.1, 0.15) is 37.1 Å². The van der Waals surface area contributed by atoms with Gasteiger partial charge >= 0.3 is 0 Å². The van der Waals surface area contributed by atoms with E-state index in [9.17, 15) is 9.90 Å². The zero-order chi connectivity index (χ0) is 20.6. The van der Waals surface area contributed by atoms with Crippen LogP contribution in [0.3, 0.4) is 0 Å². The van der Waals surface area contributed by atoms with Gasteiger partial charge in [0.25, 0.3) is 0 Å². The van der Waals surface area contributed by atoms with Crippen molar-refractivity contribution >= 4 is 32.5 Å². The van der Waals surface area contributed by atoms with Crippen molar-refractivity contribution in [2.45, 2.75) is 43.9 Å². The van der Waals surface area contributed by atoms with Gasteiger partial charge in [-0.25, -0.2) is 0 Å². The van der Waals surface area contributed by atoms with E-state index in [1.165, 1.54) is 0 Å². The van der Waals surface area contributed by atoms with Crippen molar-refractivity contribution in [3.8, 4) is 5.75 Å². The molecule has 7 heteroatoms. The number of carbonyl (C=O) groups is 1. The van der Waals surface area contributed by atoms with Gasteiger partial charge in [-0.1, -0.05) is 18.9 Å². The van der Waals surface area contributed by atoms with Crippen LogP contribution < -0.4 is 5.32 Å². The third-order valence-corrected chi connectivity index (χ3v) is 5.14. The molecule has 3 rings (SSSR count). The number of aromatic hydroxyl groups is 1. The SMILES string of the molecule is [B][C@@H](C(=O)NCCCCCCn1ccc2cc(O)ccc21)[C@@H]([B])c1cccnc1. The van der Waals surface area contributed by atoms with Gasteiger partial charge in [-0.15, -0.1) is 0 Å². The quantitative estimate of drug-likeness (QED) is 0.416. The third kappa shape index (κ3) is 5.66.